The molecular formula is C23H29N3O2S. The molecule has 1 aromatic carbocycles. The maximum Gasteiger partial charge on any atom is 0.322 e. The second-order valence-electron chi connectivity index (χ2n) is 8.13. The summed E-state index contributed by atoms with van der Waals surface area (Å²) in [6, 6.07) is 14.4. The molecule has 0 unspecified atom stereocenters. The number of piperidine rings is 2. The fraction of sp³-hybridized carbons (Fsp3) is 0.478. The minimum atomic E-state index is -0.0555. The van der Waals surface area contributed by atoms with Gasteiger partial charge in [0, 0.05) is 32.1 Å². The van der Waals surface area contributed by atoms with Gasteiger partial charge in [-0.2, -0.15) is 0 Å². The van der Waals surface area contributed by atoms with Crippen molar-refractivity contribution < 1.29 is 9.59 Å². The first-order chi connectivity index (χ1) is 14.2. The van der Waals surface area contributed by atoms with Crippen molar-refractivity contribution in [2.45, 2.75) is 32.1 Å². The summed E-state index contributed by atoms with van der Waals surface area (Å²) in [5, 5.41) is 5.75. The van der Waals surface area contributed by atoms with E-state index in [1.165, 1.54) is 16.9 Å². The van der Waals surface area contributed by atoms with Gasteiger partial charge in [0.05, 0.1) is 5.00 Å². The molecule has 0 aliphatic carbocycles. The van der Waals surface area contributed by atoms with E-state index in [0.29, 0.717) is 24.9 Å². The molecule has 4 rings (SSSR count). The molecular weight excluding hydrogens is 382 g/mol. The van der Waals surface area contributed by atoms with Gasteiger partial charge in [-0.1, -0.05) is 30.3 Å². The Morgan fingerprint density at radius 3 is 2.24 bits per heavy atom. The van der Waals surface area contributed by atoms with E-state index in [1.807, 2.05) is 22.4 Å². The summed E-state index contributed by atoms with van der Waals surface area (Å²) < 4.78 is 0. The number of hydrogen-bond acceptors (Lipinski definition) is 3. The van der Waals surface area contributed by atoms with E-state index in [-0.39, 0.29) is 11.9 Å². The Morgan fingerprint density at radius 1 is 0.897 bits per heavy atom. The van der Waals surface area contributed by atoms with Gasteiger partial charge in [-0.3, -0.25) is 10.1 Å². The van der Waals surface area contributed by atoms with Gasteiger partial charge in [0.15, 0.2) is 0 Å². The highest BCUT2D eigenvalue weighted by atomic mass is 32.1. The highest BCUT2D eigenvalue weighted by Gasteiger charge is 2.32. The first-order valence-electron chi connectivity index (χ1n) is 10.6. The predicted molar refractivity (Wildman–Crippen MR) is 117 cm³/mol. The molecule has 2 aliphatic heterocycles. The summed E-state index contributed by atoms with van der Waals surface area (Å²) in [6.07, 6.45) is 4.81. The largest absolute Gasteiger partial charge is 0.342 e. The van der Waals surface area contributed by atoms with E-state index < -0.39 is 0 Å². The number of nitrogens with one attached hydrogen (secondary N) is 1. The number of anilines is 1. The number of urea groups is 1. The molecule has 154 valence electrons. The topological polar surface area (TPSA) is 52.7 Å². The second kappa shape index (κ2) is 9.44. The van der Waals surface area contributed by atoms with Crippen molar-refractivity contribution in [3.63, 3.8) is 0 Å². The van der Waals surface area contributed by atoms with Gasteiger partial charge in [-0.15, -0.1) is 11.3 Å². The van der Waals surface area contributed by atoms with Crippen LogP contribution in [0.15, 0.2) is 47.8 Å². The highest BCUT2D eigenvalue weighted by Crippen LogP contribution is 2.26. The van der Waals surface area contributed by atoms with Crippen molar-refractivity contribution in [1.29, 1.82) is 0 Å². The van der Waals surface area contributed by atoms with Crippen molar-refractivity contribution >= 4 is 28.3 Å². The lowest BCUT2D eigenvalue weighted by Gasteiger charge is -2.37. The van der Waals surface area contributed by atoms with Gasteiger partial charge < -0.3 is 9.80 Å². The molecule has 0 saturated carbocycles. The van der Waals surface area contributed by atoms with Crippen LogP contribution in [-0.4, -0.2) is 47.9 Å². The summed E-state index contributed by atoms with van der Waals surface area (Å²) in [4.78, 5) is 29.2. The zero-order valence-corrected chi connectivity index (χ0v) is 17.6. The molecule has 2 aliphatic rings. The monoisotopic (exact) mass is 411 g/mol. The van der Waals surface area contributed by atoms with Crippen LogP contribution in [0.5, 0.6) is 0 Å². The Hall–Kier alpha value is -2.34. The lowest BCUT2D eigenvalue weighted by Crippen LogP contribution is -2.47. The average Bonchev–Trinajstić information content (AvgIpc) is 3.28. The van der Waals surface area contributed by atoms with Crippen molar-refractivity contribution in [3.8, 4) is 0 Å². The van der Waals surface area contributed by atoms with Gasteiger partial charge in [0.25, 0.3) is 0 Å². The van der Waals surface area contributed by atoms with Crippen LogP contribution in [0.1, 0.15) is 31.2 Å². The maximum atomic E-state index is 13.0. The van der Waals surface area contributed by atoms with Crippen molar-refractivity contribution in [1.82, 2.24) is 9.80 Å². The first-order valence-corrected chi connectivity index (χ1v) is 11.5. The standard InChI is InChI=1S/C23H29N3O2S/c27-22(25-12-8-19(9-13-25)17-18-5-2-1-3-6-18)20-10-14-26(15-11-20)23(28)24-21-7-4-16-29-21/h1-7,16,19-20H,8-15,17H2,(H,24,28). The molecule has 2 aromatic rings. The van der Waals surface area contributed by atoms with Crippen LogP contribution in [0.25, 0.3) is 0 Å². The highest BCUT2D eigenvalue weighted by molar-refractivity contribution is 7.14. The van der Waals surface area contributed by atoms with Gasteiger partial charge in [0.2, 0.25) is 5.91 Å². The van der Waals surface area contributed by atoms with E-state index in [0.717, 1.165) is 50.2 Å². The third kappa shape index (κ3) is 5.18. The van der Waals surface area contributed by atoms with Crippen LogP contribution < -0.4 is 5.32 Å². The Labute approximate surface area is 176 Å². The summed E-state index contributed by atoms with van der Waals surface area (Å²) in [6.45, 7) is 3.04. The van der Waals surface area contributed by atoms with E-state index in [2.05, 4.69) is 40.5 Å². The smallest absolute Gasteiger partial charge is 0.322 e. The van der Waals surface area contributed by atoms with Crippen LogP contribution >= 0.6 is 11.3 Å². The van der Waals surface area contributed by atoms with Gasteiger partial charge >= 0.3 is 6.03 Å². The molecule has 5 nitrogen and oxygen atoms in total. The molecule has 0 spiro atoms. The molecule has 2 saturated heterocycles. The molecule has 3 heterocycles. The fourth-order valence-corrected chi connectivity index (χ4v) is 5.03. The Morgan fingerprint density at radius 2 is 1.59 bits per heavy atom. The van der Waals surface area contributed by atoms with E-state index in [9.17, 15) is 9.59 Å². The Kier molecular flexibility index (Phi) is 6.49. The minimum Gasteiger partial charge on any atom is -0.342 e. The molecule has 0 bridgehead atoms. The number of rotatable bonds is 4. The number of amides is 3. The molecule has 0 radical (unpaired) electrons. The van der Waals surface area contributed by atoms with Crippen molar-refractivity contribution in [2.24, 2.45) is 11.8 Å². The van der Waals surface area contributed by atoms with Gasteiger partial charge in [-0.05, 0) is 61.1 Å². The number of carbonyl (C=O) groups is 2. The van der Waals surface area contributed by atoms with E-state index >= 15 is 0 Å². The number of likely N-dealkylation sites (tertiary alicyclic amines) is 2. The number of benzene rings is 1. The summed E-state index contributed by atoms with van der Waals surface area (Å²) in [7, 11) is 0. The van der Waals surface area contributed by atoms with Crippen LogP contribution in [0.3, 0.4) is 0 Å². The molecule has 1 N–H and O–H groups in total. The third-order valence-corrected chi connectivity index (χ3v) is 6.96. The van der Waals surface area contributed by atoms with E-state index in [4.69, 9.17) is 0 Å². The fourth-order valence-electron chi connectivity index (χ4n) is 4.43. The molecule has 3 amide bonds. The average molecular weight is 412 g/mol. The lowest BCUT2D eigenvalue weighted by atomic mass is 9.88. The minimum absolute atomic E-state index is 0.0555. The van der Waals surface area contributed by atoms with Crippen molar-refractivity contribution in [2.75, 3.05) is 31.5 Å². The SMILES string of the molecule is O=C(Nc1cccs1)N1CCC(C(=O)N2CCC(Cc3ccccc3)CC2)CC1. The van der Waals surface area contributed by atoms with E-state index in [1.54, 1.807) is 0 Å². The summed E-state index contributed by atoms with van der Waals surface area (Å²) in [5.74, 6) is 1.03. The summed E-state index contributed by atoms with van der Waals surface area (Å²) >= 11 is 1.52. The van der Waals surface area contributed by atoms with Crippen LogP contribution in [0.4, 0.5) is 9.80 Å². The third-order valence-electron chi connectivity index (χ3n) is 6.18. The van der Waals surface area contributed by atoms with Gasteiger partial charge in [-0.25, -0.2) is 4.79 Å². The second-order valence-corrected chi connectivity index (χ2v) is 9.07. The Bertz CT molecular complexity index is 793. The van der Waals surface area contributed by atoms with Crippen LogP contribution in [0.2, 0.25) is 0 Å². The molecule has 6 heteroatoms. The van der Waals surface area contributed by atoms with Crippen LogP contribution in [-0.2, 0) is 11.2 Å². The molecule has 29 heavy (non-hydrogen) atoms. The molecule has 0 atom stereocenters. The predicted octanol–water partition coefficient (Wildman–Crippen LogP) is 4.47. The van der Waals surface area contributed by atoms with Crippen molar-refractivity contribution in [3.05, 3.63) is 53.4 Å². The summed E-state index contributed by atoms with van der Waals surface area (Å²) in [5.41, 5.74) is 1.39. The quantitative estimate of drug-likeness (QED) is 0.807. The van der Waals surface area contributed by atoms with Crippen LogP contribution in [0, 0.1) is 11.8 Å². The zero-order chi connectivity index (χ0) is 20.1. The number of hydrogen-bond donors (Lipinski definition) is 1. The normalized spacial score (nSPS) is 18.6. The number of carbonyl (C=O) groups excluding carboxylic acids is 2. The first kappa shape index (κ1) is 20.0. The molecule has 2 fully saturated rings. The lowest BCUT2D eigenvalue weighted by molar-refractivity contribution is -0.138. The maximum absolute atomic E-state index is 13.0. The number of nitrogens with zero attached hydrogens (tertiary/aromatic N) is 2. The van der Waals surface area contributed by atoms with Gasteiger partial charge in [0.1, 0.15) is 0 Å². The molecule has 1 aromatic heterocycles. The zero-order valence-electron chi connectivity index (χ0n) is 16.8. The Balaban J connectivity index is 1.20. The number of thiophene rings is 1.